The second-order valence-corrected chi connectivity index (χ2v) is 4.57. The number of hydrogen-bond acceptors (Lipinski definition) is 2. The molecule has 0 radical (unpaired) electrons. The zero-order valence-electron chi connectivity index (χ0n) is 8.63. The topological polar surface area (TPSA) is 55.1 Å². The summed E-state index contributed by atoms with van der Waals surface area (Å²) < 4.78 is 1.30. The molecule has 78 valence electrons. The van der Waals surface area contributed by atoms with Gasteiger partial charge in [0.1, 0.15) is 0 Å². The van der Waals surface area contributed by atoms with E-state index in [1.807, 2.05) is 20.8 Å². The van der Waals surface area contributed by atoms with Gasteiger partial charge < -0.3 is 5.11 Å². The fourth-order valence-electron chi connectivity index (χ4n) is 1.21. The Bertz CT molecular complexity index is 377. The van der Waals surface area contributed by atoms with Crippen LogP contribution in [0.25, 0.3) is 0 Å². The van der Waals surface area contributed by atoms with Crippen LogP contribution in [0.2, 0.25) is 5.02 Å². The Balaban J connectivity index is 3.39. The fraction of sp³-hybridized carbons (Fsp3) is 0.556. The van der Waals surface area contributed by atoms with E-state index in [4.69, 9.17) is 16.7 Å². The van der Waals surface area contributed by atoms with Gasteiger partial charge in [-0.05, 0) is 0 Å². The summed E-state index contributed by atoms with van der Waals surface area (Å²) in [7, 11) is 1.57. The maximum atomic E-state index is 10.8. The molecule has 0 amide bonds. The minimum Gasteiger partial charge on any atom is -0.476 e. The molecule has 1 heterocycles. The number of rotatable bonds is 1. The molecule has 1 aromatic rings. The Labute approximate surface area is 87.5 Å². The first-order chi connectivity index (χ1) is 6.25. The number of aromatic carboxylic acids is 1. The summed E-state index contributed by atoms with van der Waals surface area (Å²) in [5.74, 6) is -1.06. The van der Waals surface area contributed by atoms with E-state index < -0.39 is 5.97 Å². The number of carboxylic acid groups (broad SMARTS) is 1. The Morgan fingerprint density at radius 2 is 2.00 bits per heavy atom. The van der Waals surface area contributed by atoms with Crippen molar-refractivity contribution in [1.29, 1.82) is 0 Å². The van der Waals surface area contributed by atoms with Crippen LogP contribution in [-0.4, -0.2) is 20.9 Å². The maximum Gasteiger partial charge on any atom is 0.355 e. The third-order valence-corrected chi connectivity index (χ3v) is 2.26. The van der Waals surface area contributed by atoms with Gasteiger partial charge in [0.2, 0.25) is 0 Å². The standard InChI is InChI=1S/C9H13ClN2O2/c1-9(2,3)7-5(10)6(8(13)14)12(4)11-7/h1-4H3,(H,13,14). The monoisotopic (exact) mass is 216 g/mol. The average molecular weight is 217 g/mol. The van der Waals surface area contributed by atoms with Crippen LogP contribution in [-0.2, 0) is 12.5 Å². The zero-order valence-corrected chi connectivity index (χ0v) is 9.38. The molecule has 0 unspecified atom stereocenters. The lowest BCUT2D eigenvalue weighted by molar-refractivity contribution is 0.0685. The van der Waals surface area contributed by atoms with Crippen molar-refractivity contribution >= 4 is 17.6 Å². The van der Waals surface area contributed by atoms with Crippen LogP contribution in [0.1, 0.15) is 37.0 Å². The van der Waals surface area contributed by atoms with Crippen LogP contribution in [0.3, 0.4) is 0 Å². The summed E-state index contributed by atoms with van der Waals surface area (Å²) in [6.07, 6.45) is 0. The number of nitrogens with zero attached hydrogens (tertiary/aromatic N) is 2. The molecule has 4 nitrogen and oxygen atoms in total. The summed E-state index contributed by atoms with van der Waals surface area (Å²) >= 11 is 5.95. The summed E-state index contributed by atoms with van der Waals surface area (Å²) in [5.41, 5.74) is 0.401. The van der Waals surface area contributed by atoms with Gasteiger partial charge in [0.25, 0.3) is 0 Å². The Hall–Kier alpha value is -1.03. The molecule has 0 bridgehead atoms. The summed E-state index contributed by atoms with van der Waals surface area (Å²) in [5, 5.41) is 13.2. The van der Waals surface area contributed by atoms with Crippen LogP contribution in [0, 0.1) is 0 Å². The highest BCUT2D eigenvalue weighted by molar-refractivity contribution is 6.34. The van der Waals surface area contributed by atoms with Crippen LogP contribution >= 0.6 is 11.6 Å². The highest BCUT2D eigenvalue weighted by Crippen LogP contribution is 2.30. The van der Waals surface area contributed by atoms with Crippen molar-refractivity contribution in [2.24, 2.45) is 7.05 Å². The normalized spacial score (nSPS) is 11.8. The second-order valence-electron chi connectivity index (χ2n) is 4.19. The van der Waals surface area contributed by atoms with Gasteiger partial charge in [0.05, 0.1) is 10.7 Å². The van der Waals surface area contributed by atoms with Crippen LogP contribution < -0.4 is 0 Å². The minimum atomic E-state index is -1.06. The van der Waals surface area contributed by atoms with E-state index in [9.17, 15) is 4.79 Å². The highest BCUT2D eigenvalue weighted by atomic mass is 35.5. The molecule has 0 fully saturated rings. The lowest BCUT2D eigenvalue weighted by Gasteiger charge is -2.14. The van der Waals surface area contributed by atoms with Gasteiger partial charge in [-0.2, -0.15) is 5.10 Å². The van der Waals surface area contributed by atoms with Crippen molar-refractivity contribution < 1.29 is 9.90 Å². The van der Waals surface area contributed by atoms with Gasteiger partial charge in [0, 0.05) is 12.5 Å². The number of hydrogen-bond donors (Lipinski definition) is 1. The van der Waals surface area contributed by atoms with Gasteiger partial charge in [-0.25, -0.2) is 4.79 Å². The largest absolute Gasteiger partial charge is 0.476 e. The summed E-state index contributed by atoms with van der Waals surface area (Å²) in [4.78, 5) is 10.8. The van der Waals surface area contributed by atoms with E-state index >= 15 is 0 Å². The molecule has 5 heteroatoms. The van der Waals surface area contributed by atoms with E-state index in [1.54, 1.807) is 7.05 Å². The molecule has 0 saturated carbocycles. The second kappa shape index (κ2) is 3.28. The van der Waals surface area contributed by atoms with Crippen molar-refractivity contribution in [2.75, 3.05) is 0 Å². The third-order valence-electron chi connectivity index (χ3n) is 1.90. The van der Waals surface area contributed by atoms with Crippen molar-refractivity contribution in [1.82, 2.24) is 9.78 Å². The number of halogens is 1. The van der Waals surface area contributed by atoms with Gasteiger partial charge in [-0.1, -0.05) is 32.4 Å². The molecule has 1 rings (SSSR count). The SMILES string of the molecule is Cn1nc(C(C)(C)C)c(Cl)c1C(=O)O. The maximum absolute atomic E-state index is 10.8. The van der Waals surface area contributed by atoms with Crippen molar-refractivity contribution in [3.05, 3.63) is 16.4 Å². The molecule has 0 aromatic carbocycles. The van der Waals surface area contributed by atoms with E-state index in [1.165, 1.54) is 4.68 Å². The van der Waals surface area contributed by atoms with E-state index in [2.05, 4.69) is 5.10 Å². The zero-order chi connectivity index (χ0) is 11.1. The van der Waals surface area contributed by atoms with Crippen LogP contribution in [0.4, 0.5) is 0 Å². The first-order valence-corrected chi connectivity index (χ1v) is 4.59. The van der Waals surface area contributed by atoms with E-state index in [-0.39, 0.29) is 16.1 Å². The highest BCUT2D eigenvalue weighted by Gasteiger charge is 2.27. The van der Waals surface area contributed by atoms with E-state index in [0.29, 0.717) is 5.69 Å². The van der Waals surface area contributed by atoms with Crippen molar-refractivity contribution in [2.45, 2.75) is 26.2 Å². The average Bonchev–Trinajstić information content (AvgIpc) is 2.24. The van der Waals surface area contributed by atoms with Gasteiger partial charge in [-0.3, -0.25) is 4.68 Å². The fourth-order valence-corrected chi connectivity index (χ4v) is 1.73. The molecular formula is C9H13ClN2O2. The number of carbonyl (C=O) groups is 1. The number of carboxylic acids is 1. The Morgan fingerprint density at radius 1 is 1.50 bits per heavy atom. The molecular weight excluding hydrogens is 204 g/mol. The molecule has 14 heavy (non-hydrogen) atoms. The predicted molar refractivity (Wildman–Crippen MR) is 53.9 cm³/mol. The molecule has 1 aromatic heterocycles. The van der Waals surface area contributed by atoms with Gasteiger partial charge in [0.15, 0.2) is 5.69 Å². The number of aryl methyl sites for hydroxylation is 1. The molecule has 0 saturated heterocycles. The van der Waals surface area contributed by atoms with Crippen LogP contribution in [0.15, 0.2) is 0 Å². The Kier molecular flexibility index (Phi) is 2.58. The van der Waals surface area contributed by atoms with Crippen LogP contribution in [0.5, 0.6) is 0 Å². The summed E-state index contributed by atoms with van der Waals surface area (Å²) in [6.45, 7) is 5.81. The quantitative estimate of drug-likeness (QED) is 0.782. The Morgan fingerprint density at radius 3 is 2.21 bits per heavy atom. The molecule has 0 spiro atoms. The molecule has 1 N–H and O–H groups in total. The molecule has 0 aliphatic carbocycles. The first kappa shape index (κ1) is 11.0. The first-order valence-electron chi connectivity index (χ1n) is 4.21. The lowest BCUT2D eigenvalue weighted by atomic mass is 9.92. The molecule has 0 atom stereocenters. The van der Waals surface area contributed by atoms with Crippen molar-refractivity contribution in [3.8, 4) is 0 Å². The predicted octanol–water partition coefficient (Wildman–Crippen LogP) is 2.07. The summed E-state index contributed by atoms with van der Waals surface area (Å²) in [6, 6.07) is 0. The minimum absolute atomic E-state index is 0.0385. The molecule has 0 aliphatic heterocycles. The molecule has 0 aliphatic rings. The number of aromatic nitrogens is 2. The van der Waals surface area contributed by atoms with E-state index in [0.717, 1.165) is 0 Å². The third kappa shape index (κ3) is 1.75. The van der Waals surface area contributed by atoms with Gasteiger partial charge in [-0.15, -0.1) is 0 Å². The smallest absolute Gasteiger partial charge is 0.355 e. The van der Waals surface area contributed by atoms with Crippen molar-refractivity contribution in [3.63, 3.8) is 0 Å². The van der Waals surface area contributed by atoms with Gasteiger partial charge >= 0.3 is 5.97 Å². The lowest BCUT2D eigenvalue weighted by Crippen LogP contribution is -2.12.